The summed E-state index contributed by atoms with van der Waals surface area (Å²) in [6.45, 7) is 1.10. The van der Waals surface area contributed by atoms with Crippen LogP contribution in [0.2, 0.25) is 5.02 Å². The van der Waals surface area contributed by atoms with Crippen LogP contribution >= 0.6 is 22.9 Å². The lowest BCUT2D eigenvalue weighted by Gasteiger charge is -2.36. The molecular formula is C24H23ClN4O5S2. The van der Waals surface area contributed by atoms with Crippen molar-refractivity contribution in [2.45, 2.75) is 15.6 Å². The molecule has 2 aromatic carbocycles. The summed E-state index contributed by atoms with van der Waals surface area (Å²) in [7, 11) is -2.11. The van der Waals surface area contributed by atoms with Gasteiger partial charge in [0.2, 0.25) is 15.7 Å². The Balaban J connectivity index is 1.59. The average molecular weight is 547 g/mol. The molecule has 0 radical (unpaired) electrons. The van der Waals surface area contributed by atoms with Crippen molar-refractivity contribution < 1.29 is 23.1 Å². The zero-order valence-electron chi connectivity index (χ0n) is 19.2. The number of thiophene rings is 1. The Kier molecular flexibility index (Phi) is 6.50. The van der Waals surface area contributed by atoms with E-state index in [0.29, 0.717) is 17.1 Å². The van der Waals surface area contributed by atoms with Crippen LogP contribution in [0.25, 0.3) is 10.1 Å². The van der Waals surface area contributed by atoms with Crippen molar-refractivity contribution in [3.05, 3.63) is 64.7 Å². The van der Waals surface area contributed by atoms with Gasteiger partial charge in [-0.2, -0.15) is 0 Å². The number of likely N-dealkylation sites (N-methyl/N-ethyl adjacent to an activating group) is 1. The number of amidine groups is 1. The summed E-state index contributed by atoms with van der Waals surface area (Å²) < 4.78 is 29.0. The third kappa shape index (κ3) is 4.59. The van der Waals surface area contributed by atoms with Crippen LogP contribution < -0.4 is 5.32 Å². The number of carbonyl (C=O) groups excluding carboxylic acids is 1. The van der Waals surface area contributed by atoms with Gasteiger partial charge in [-0.05, 0) is 29.1 Å². The highest BCUT2D eigenvalue weighted by molar-refractivity contribution is 7.93. The molecule has 9 nitrogen and oxygen atoms in total. The number of benzene rings is 2. The molecule has 1 aromatic heterocycles. The molecule has 2 aliphatic rings. The van der Waals surface area contributed by atoms with Crippen molar-refractivity contribution in [1.29, 1.82) is 0 Å². The van der Waals surface area contributed by atoms with Gasteiger partial charge in [-0.15, -0.1) is 11.3 Å². The highest BCUT2D eigenvalue weighted by Gasteiger charge is 2.41. The van der Waals surface area contributed by atoms with Crippen LogP contribution in [0.1, 0.15) is 16.5 Å². The van der Waals surface area contributed by atoms with Crippen LogP contribution in [0.5, 0.6) is 0 Å². The van der Waals surface area contributed by atoms with Gasteiger partial charge < -0.3 is 15.3 Å². The number of fused-ring (bicyclic) bond motifs is 1. The van der Waals surface area contributed by atoms with Gasteiger partial charge >= 0.3 is 5.97 Å². The molecule has 3 aromatic rings. The Morgan fingerprint density at radius 2 is 1.97 bits per heavy atom. The first-order valence-electron chi connectivity index (χ1n) is 11.2. The third-order valence-electron chi connectivity index (χ3n) is 6.28. The van der Waals surface area contributed by atoms with Gasteiger partial charge in [0.15, 0.2) is 0 Å². The largest absolute Gasteiger partial charge is 0.480 e. The van der Waals surface area contributed by atoms with Gasteiger partial charge in [-0.25, -0.2) is 13.2 Å². The van der Waals surface area contributed by atoms with Crippen LogP contribution in [0.3, 0.4) is 0 Å². The Hall–Kier alpha value is -2.99. The number of nitrogens with one attached hydrogen (secondary N) is 1. The van der Waals surface area contributed by atoms with E-state index in [0.717, 1.165) is 39.4 Å². The van der Waals surface area contributed by atoms with Gasteiger partial charge in [0.1, 0.15) is 21.5 Å². The van der Waals surface area contributed by atoms with E-state index >= 15 is 0 Å². The fourth-order valence-electron chi connectivity index (χ4n) is 4.55. The molecule has 1 unspecified atom stereocenters. The Labute approximate surface area is 216 Å². The summed E-state index contributed by atoms with van der Waals surface area (Å²) >= 11 is 7.19. The summed E-state index contributed by atoms with van der Waals surface area (Å²) in [5.74, 6) is -0.945. The van der Waals surface area contributed by atoms with E-state index in [1.165, 1.54) is 4.90 Å². The molecule has 2 N–H and O–H groups in total. The third-order valence-corrected chi connectivity index (χ3v) is 10.2. The second-order valence-corrected chi connectivity index (χ2v) is 12.5. The molecule has 188 valence electrons. The molecule has 1 saturated heterocycles. The Bertz CT molecular complexity index is 1490. The lowest BCUT2D eigenvalue weighted by Crippen LogP contribution is -2.58. The number of hydrogen-bond donors (Lipinski definition) is 2. The van der Waals surface area contributed by atoms with E-state index in [9.17, 15) is 23.1 Å². The minimum Gasteiger partial charge on any atom is -0.480 e. The number of hydrogen-bond acceptors (Lipinski definition) is 8. The van der Waals surface area contributed by atoms with E-state index in [-0.39, 0.29) is 17.3 Å². The van der Waals surface area contributed by atoms with Gasteiger partial charge in [0.05, 0.1) is 13.1 Å². The van der Waals surface area contributed by atoms with E-state index in [4.69, 9.17) is 11.6 Å². The lowest BCUT2D eigenvalue weighted by atomic mass is 10.1. The number of rotatable bonds is 6. The fourth-order valence-corrected chi connectivity index (χ4v) is 8.20. The lowest BCUT2D eigenvalue weighted by molar-refractivity contribution is -0.145. The minimum atomic E-state index is -4.06. The second-order valence-electron chi connectivity index (χ2n) is 8.78. The topological polar surface area (TPSA) is 119 Å². The molecule has 1 fully saturated rings. The molecule has 0 saturated carbocycles. The summed E-state index contributed by atoms with van der Waals surface area (Å²) in [4.78, 5) is 32.0. The van der Waals surface area contributed by atoms with E-state index < -0.39 is 33.1 Å². The number of sulfone groups is 1. The maximum atomic E-state index is 14.1. The number of piperazine rings is 1. The van der Waals surface area contributed by atoms with Crippen LogP contribution in [0, 0.1) is 0 Å². The van der Waals surface area contributed by atoms with Crippen molar-refractivity contribution in [1.82, 2.24) is 15.1 Å². The standard InChI is InChI=1S/C24H23ClN4O5S2/c1-28-9-8-26-22(28)14-2-4-15(5-3-14)23(29-12-18(24(31)32)27-20(30)13-29)36(33,34)21-10-16-6-7-17(25)11-19(16)35-21/h2-7,10-11,18,23H,8-9,12-13H2,1H3,(H,27,30)(H,31,32)/t18-,23?/m1/s1. The van der Waals surface area contributed by atoms with Crippen molar-refractivity contribution in [3.63, 3.8) is 0 Å². The molecule has 0 spiro atoms. The molecule has 3 heterocycles. The zero-order chi connectivity index (χ0) is 25.6. The molecule has 0 bridgehead atoms. The molecule has 0 aliphatic carbocycles. The zero-order valence-corrected chi connectivity index (χ0v) is 21.6. The monoisotopic (exact) mass is 546 g/mol. The number of aliphatic imine (C=N–C) groups is 1. The predicted molar refractivity (Wildman–Crippen MR) is 138 cm³/mol. The quantitative estimate of drug-likeness (QED) is 0.487. The van der Waals surface area contributed by atoms with Crippen LogP contribution in [0.4, 0.5) is 0 Å². The number of halogens is 1. The van der Waals surface area contributed by atoms with Gasteiger partial charge in [-0.3, -0.25) is 14.7 Å². The fraction of sp³-hybridized carbons (Fsp3) is 0.292. The average Bonchev–Trinajstić information content (AvgIpc) is 3.45. The van der Waals surface area contributed by atoms with Crippen LogP contribution in [-0.2, 0) is 19.4 Å². The molecule has 2 aliphatic heterocycles. The summed E-state index contributed by atoms with van der Waals surface area (Å²) in [5.41, 5.74) is 1.29. The normalized spacial score (nSPS) is 19.8. The maximum Gasteiger partial charge on any atom is 0.327 e. The minimum absolute atomic E-state index is 0.117. The second kappa shape index (κ2) is 9.47. The first-order valence-corrected chi connectivity index (χ1v) is 13.9. The summed E-state index contributed by atoms with van der Waals surface area (Å²) in [6, 6.07) is 12.6. The highest BCUT2D eigenvalue weighted by atomic mass is 35.5. The first kappa shape index (κ1) is 24.7. The van der Waals surface area contributed by atoms with Crippen molar-refractivity contribution >= 4 is 60.6 Å². The van der Waals surface area contributed by atoms with Crippen molar-refractivity contribution in [2.24, 2.45) is 4.99 Å². The predicted octanol–water partition coefficient (Wildman–Crippen LogP) is 2.60. The SMILES string of the molecule is CN1CCN=C1c1ccc(C(N2CC(=O)N[C@@H](C(=O)O)C2)S(=O)(=O)c2cc3ccc(Cl)cc3s2)cc1. The highest BCUT2D eigenvalue weighted by Crippen LogP contribution is 2.39. The van der Waals surface area contributed by atoms with E-state index in [2.05, 4.69) is 10.3 Å². The van der Waals surface area contributed by atoms with Crippen LogP contribution in [0.15, 0.2) is 57.7 Å². The molecule has 2 atom stereocenters. The molecule has 36 heavy (non-hydrogen) atoms. The smallest absolute Gasteiger partial charge is 0.327 e. The number of carboxylic acids is 1. The number of carboxylic acid groups (broad SMARTS) is 1. The van der Waals surface area contributed by atoms with Crippen molar-refractivity contribution in [2.75, 3.05) is 33.2 Å². The molecule has 5 rings (SSSR count). The van der Waals surface area contributed by atoms with Gasteiger partial charge in [-0.1, -0.05) is 41.9 Å². The van der Waals surface area contributed by atoms with Crippen molar-refractivity contribution in [3.8, 4) is 0 Å². The molecule has 12 heteroatoms. The molecule has 1 amide bonds. The van der Waals surface area contributed by atoms with E-state index in [1.807, 2.05) is 24.1 Å². The summed E-state index contributed by atoms with van der Waals surface area (Å²) in [6.07, 6.45) is 0. The van der Waals surface area contributed by atoms with Gasteiger partial charge in [0.25, 0.3) is 0 Å². The summed E-state index contributed by atoms with van der Waals surface area (Å²) in [5, 5.41) is 11.9. The van der Waals surface area contributed by atoms with Gasteiger partial charge in [0, 0.05) is 35.4 Å². The number of nitrogens with zero attached hydrogens (tertiary/aromatic N) is 3. The van der Waals surface area contributed by atoms with E-state index in [1.54, 1.807) is 36.4 Å². The number of carbonyl (C=O) groups is 2. The van der Waals surface area contributed by atoms with Crippen LogP contribution in [-0.4, -0.2) is 80.3 Å². The number of amides is 1. The molecular weight excluding hydrogens is 524 g/mol. The Morgan fingerprint density at radius 3 is 2.64 bits per heavy atom. The first-order chi connectivity index (χ1) is 17.1. The number of aliphatic carboxylic acids is 1. The Morgan fingerprint density at radius 1 is 1.22 bits per heavy atom. The maximum absolute atomic E-state index is 14.1.